The van der Waals surface area contributed by atoms with Crippen LogP contribution in [0.2, 0.25) is 0 Å². The molecule has 0 bridgehead atoms. The summed E-state index contributed by atoms with van der Waals surface area (Å²) in [7, 11) is 0. The molecule has 1 aliphatic rings. The van der Waals surface area contributed by atoms with Crippen LogP contribution in [-0.2, 0) is 6.54 Å². The van der Waals surface area contributed by atoms with Crippen molar-refractivity contribution in [2.24, 2.45) is 0 Å². The molecule has 0 unspecified atom stereocenters. The Morgan fingerprint density at radius 3 is 2.28 bits per heavy atom. The van der Waals surface area contributed by atoms with Crippen molar-refractivity contribution < 1.29 is 0 Å². The molecule has 1 aromatic carbocycles. The maximum Gasteiger partial charge on any atom is 0.0366 e. The highest BCUT2D eigenvalue weighted by atomic mass is 15.1. The first kappa shape index (κ1) is 13.4. The van der Waals surface area contributed by atoms with Gasteiger partial charge in [-0.2, -0.15) is 0 Å². The summed E-state index contributed by atoms with van der Waals surface area (Å²) in [5.41, 5.74) is 2.98. The van der Waals surface area contributed by atoms with E-state index in [9.17, 15) is 0 Å². The van der Waals surface area contributed by atoms with Crippen LogP contribution in [-0.4, -0.2) is 18.6 Å². The van der Waals surface area contributed by atoms with Crippen molar-refractivity contribution in [3.63, 3.8) is 0 Å². The van der Waals surface area contributed by atoms with Crippen LogP contribution < -0.4 is 10.2 Å². The van der Waals surface area contributed by atoms with E-state index in [2.05, 4.69) is 55.3 Å². The topological polar surface area (TPSA) is 15.3 Å². The number of benzene rings is 1. The maximum absolute atomic E-state index is 3.60. The van der Waals surface area contributed by atoms with Gasteiger partial charge in [-0.3, -0.25) is 0 Å². The van der Waals surface area contributed by atoms with Crippen LogP contribution >= 0.6 is 0 Å². The fourth-order valence-electron chi connectivity index (χ4n) is 2.27. The van der Waals surface area contributed by atoms with Crippen molar-refractivity contribution in [1.82, 2.24) is 5.32 Å². The van der Waals surface area contributed by atoms with Gasteiger partial charge in [0.15, 0.2) is 0 Å². The lowest BCUT2D eigenvalue weighted by Crippen LogP contribution is -2.37. The van der Waals surface area contributed by atoms with E-state index in [1.807, 2.05) is 0 Å². The lowest BCUT2D eigenvalue weighted by Gasteiger charge is -2.25. The zero-order chi connectivity index (χ0) is 13.0. The van der Waals surface area contributed by atoms with E-state index in [4.69, 9.17) is 0 Å². The molecule has 0 atom stereocenters. The minimum absolute atomic E-state index is 0.230. The highest BCUT2D eigenvalue weighted by Crippen LogP contribution is 2.20. The fraction of sp³-hybridized carbons (Fsp3) is 0.625. The quantitative estimate of drug-likeness (QED) is 0.854. The summed E-state index contributed by atoms with van der Waals surface area (Å²) in [5, 5.41) is 3.60. The van der Waals surface area contributed by atoms with E-state index >= 15 is 0 Å². The third-order valence-electron chi connectivity index (χ3n) is 4.06. The molecule has 1 N–H and O–H groups in total. The molecule has 0 aromatic heterocycles. The second kappa shape index (κ2) is 5.75. The van der Waals surface area contributed by atoms with Gasteiger partial charge in [-0.05, 0) is 50.8 Å². The third-order valence-corrected chi connectivity index (χ3v) is 4.06. The molecular formula is C16H26N2. The zero-order valence-corrected chi connectivity index (χ0v) is 12.0. The Morgan fingerprint density at radius 2 is 1.72 bits per heavy atom. The number of rotatable bonds is 5. The number of hydrogen-bond donors (Lipinski definition) is 1. The second-order valence-electron chi connectivity index (χ2n) is 5.95. The number of nitrogens with one attached hydrogen (secondary N) is 1. The van der Waals surface area contributed by atoms with Gasteiger partial charge < -0.3 is 10.2 Å². The molecule has 0 radical (unpaired) electrons. The van der Waals surface area contributed by atoms with Crippen LogP contribution in [0.4, 0.5) is 5.69 Å². The molecule has 1 aliphatic heterocycles. The average molecular weight is 246 g/mol. The highest BCUT2D eigenvalue weighted by Gasteiger charge is 2.14. The number of hydrogen-bond acceptors (Lipinski definition) is 2. The van der Waals surface area contributed by atoms with Crippen LogP contribution in [0, 0.1) is 0 Å². The van der Waals surface area contributed by atoms with E-state index in [0.717, 1.165) is 13.0 Å². The predicted molar refractivity (Wildman–Crippen MR) is 79.1 cm³/mol. The largest absolute Gasteiger partial charge is 0.372 e. The molecule has 1 fully saturated rings. The molecule has 0 aliphatic carbocycles. The molecule has 2 rings (SSSR count). The van der Waals surface area contributed by atoms with E-state index in [1.54, 1.807) is 0 Å². The van der Waals surface area contributed by atoms with Crippen molar-refractivity contribution in [3.05, 3.63) is 29.8 Å². The Balaban J connectivity index is 1.91. The Kier molecular flexibility index (Phi) is 4.28. The van der Waals surface area contributed by atoms with Gasteiger partial charge in [0.05, 0.1) is 0 Å². The standard InChI is InChI=1S/C16H26N2/c1-4-16(2,3)17-13-14-7-9-15(10-8-14)18-11-5-6-12-18/h7-10,17H,4-6,11-13H2,1-3H3. The minimum atomic E-state index is 0.230. The van der Waals surface area contributed by atoms with E-state index in [1.165, 1.54) is 37.2 Å². The molecule has 1 aromatic rings. The van der Waals surface area contributed by atoms with Crippen LogP contribution in [0.25, 0.3) is 0 Å². The Hall–Kier alpha value is -1.02. The SMILES string of the molecule is CCC(C)(C)NCc1ccc(N2CCCC2)cc1. The third kappa shape index (κ3) is 3.49. The van der Waals surface area contributed by atoms with Crippen LogP contribution in [0.3, 0.4) is 0 Å². The van der Waals surface area contributed by atoms with Gasteiger partial charge >= 0.3 is 0 Å². The molecule has 0 saturated carbocycles. The zero-order valence-electron chi connectivity index (χ0n) is 12.0. The second-order valence-corrected chi connectivity index (χ2v) is 5.95. The van der Waals surface area contributed by atoms with Crippen molar-refractivity contribution in [1.29, 1.82) is 0 Å². The first-order valence-electron chi connectivity index (χ1n) is 7.20. The minimum Gasteiger partial charge on any atom is -0.372 e. The fourth-order valence-corrected chi connectivity index (χ4v) is 2.27. The maximum atomic E-state index is 3.60. The average Bonchev–Trinajstić information content (AvgIpc) is 2.91. The summed E-state index contributed by atoms with van der Waals surface area (Å²) in [4.78, 5) is 2.48. The summed E-state index contributed by atoms with van der Waals surface area (Å²) in [6, 6.07) is 9.04. The normalized spacial score (nSPS) is 16.3. The first-order valence-corrected chi connectivity index (χ1v) is 7.20. The van der Waals surface area contributed by atoms with Gasteiger partial charge in [-0.1, -0.05) is 19.1 Å². The van der Waals surface area contributed by atoms with Crippen molar-refractivity contribution in [3.8, 4) is 0 Å². The number of nitrogens with zero attached hydrogens (tertiary/aromatic N) is 1. The summed E-state index contributed by atoms with van der Waals surface area (Å²) in [6.45, 7) is 10.1. The van der Waals surface area contributed by atoms with Gasteiger partial charge in [-0.25, -0.2) is 0 Å². The highest BCUT2D eigenvalue weighted by molar-refractivity contribution is 5.48. The summed E-state index contributed by atoms with van der Waals surface area (Å²) < 4.78 is 0. The first-order chi connectivity index (χ1) is 8.61. The molecule has 1 saturated heterocycles. The van der Waals surface area contributed by atoms with Gasteiger partial charge in [0.1, 0.15) is 0 Å². The van der Waals surface area contributed by atoms with Crippen molar-refractivity contribution in [2.75, 3.05) is 18.0 Å². The Labute approximate surface area is 111 Å². The molecule has 0 amide bonds. The van der Waals surface area contributed by atoms with E-state index in [0.29, 0.717) is 0 Å². The molecule has 2 heteroatoms. The van der Waals surface area contributed by atoms with Crippen LogP contribution in [0.1, 0.15) is 45.6 Å². The van der Waals surface area contributed by atoms with Crippen LogP contribution in [0.15, 0.2) is 24.3 Å². The molecule has 1 heterocycles. The Bertz CT molecular complexity index is 361. The van der Waals surface area contributed by atoms with Gasteiger partial charge in [-0.15, -0.1) is 0 Å². The molecule has 18 heavy (non-hydrogen) atoms. The van der Waals surface area contributed by atoms with Crippen LogP contribution in [0.5, 0.6) is 0 Å². The lowest BCUT2D eigenvalue weighted by atomic mass is 10.0. The van der Waals surface area contributed by atoms with Gasteiger partial charge in [0.2, 0.25) is 0 Å². The number of anilines is 1. The smallest absolute Gasteiger partial charge is 0.0366 e. The predicted octanol–water partition coefficient (Wildman–Crippen LogP) is 3.57. The summed E-state index contributed by atoms with van der Waals surface area (Å²) in [6.07, 6.45) is 3.83. The molecular weight excluding hydrogens is 220 g/mol. The summed E-state index contributed by atoms with van der Waals surface area (Å²) >= 11 is 0. The van der Waals surface area contributed by atoms with Crippen molar-refractivity contribution in [2.45, 2.75) is 52.1 Å². The van der Waals surface area contributed by atoms with E-state index in [-0.39, 0.29) is 5.54 Å². The van der Waals surface area contributed by atoms with Gasteiger partial charge in [0.25, 0.3) is 0 Å². The molecule has 100 valence electrons. The monoisotopic (exact) mass is 246 g/mol. The van der Waals surface area contributed by atoms with Crippen molar-refractivity contribution >= 4 is 5.69 Å². The lowest BCUT2D eigenvalue weighted by molar-refractivity contribution is 0.374. The Morgan fingerprint density at radius 1 is 1.11 bits per heavy atom. The van der Waals surface area contributed by atoms with E-state index < -0.39 is 0 Å². The molecule has 2 nitrogen and oxygen atoms in total. The molecule has 0 spiro atoms. The van der Waals surface area contributed by atoms with Gasteiger partial charge in [0, 0.05) is 30.9 Å². The summed E-state index contributed by atoms with van der Waals surface area (Å²) in [5.74, 6) is 0.